The molecular weight excluding hydrogens is 166 g/mol. The van der Waals surface area contributed by atoms with Gasteiger partial charge in [0.2, 0.25) is 0 Å². The average molecular weight is 183 g/mol. The van der Waals surface area contributed by atoms with E-state index in [1.54, 1.807) is 13.0 Å². The summed E-state index contributed by atoms with van der Waals surface area (Å²) >= 11 is 0. The van der Waals surface area contributed by atoms with Crippen LogP contribution in [0, 0.1) is 0 Å². The second-order valence-corrected chi connectivity index (χ2v) is 3.49. The fourth-order valence-electron chi connectivity index (χ4n) is 1.74. The summed E-state index contributed by atoms with van der Waals surface area (Å²) in [6.45, 7) is 1.75. The Morgan fingerprint density at radius 2 is 2.00 bits per heavy atom. The molecule has 3 heteroatoms. The van der Waals surface area contributed by atoms with E-state index in [0.29, 0.717) is 11.7 Å². The van der Waals surface area contributed by atoms with Crippen LogP contribution in [0.25, 0.3) is 0 Å². The number of nitrogens with one attached hydrogen (secondary N) is 1. The van der Waals surface area contributed by atoms with Crippen molar-refractivity contribution in [2.24, 2.45) is 0 Å². The molecule has 0 heterocycles. The minimum atomic E-state index is -0.854. The van der Waals surface area contributed by atoms with Crippen LogP contribution in [0.2, 0.25) is 0 Å². The smallest absolute Gasteiger partial charge is 0.351 e. The van der Waals surface area contributed by atoms with E-state index >= 15 is 0 Å². The molecule has 0 unspecified atom stereocenters. The molecule has 1 rings (SSSR count). The summed E-state index contributed by atoms with van der Waals surface area (Å²) < 4.78 is 0. The number of hydrogen-bond acceptors (Lipinski definition) is 2. The fourth-order valence-corrected chi connectivity index (χ4v) is 1.74. The van der Waals surface area contributed by atoms with Crippen LogP contribution < -0.4 is 5.32 Å². The van der Waals surface area contributed by atoms with E-state index in [2.05, 4.69) is 5.32 Å². The Labute approximate surface area is 78.8 Å². The van der Waals surface area contributed by atoms with E-state index in [-0.39, 0.29) is 0 Å². The molecule has 1 aliphatic rings. The lowest BCUT2D eigenvalue weighted by Gasteiger charge is -2.23. The maximum atomic E-state index is 10.7. The molecule has 0 aromatic heterocycles. The highest BCUT2D eigenvalue weighted by molar-refractivity contribution is 5.85. The summed E-state index contributed by atoms with van der Waals surface area (Å²) in [5, 5.41) is 11.8. The van der Waals surface area contributed by atoms with E-state index in [1.807, 2.05) is 0 Å². The number of rotatable bonds is 3. The third-order valence-electron chi connectivity index (χ3n) is 2.48. The van der Waals surface area contributed by atoms with Crippen LogP contribution in [0.4, 0.5) is 0 Å². The molecule has 3 nitrogen and oxygen atoms in total. The molecule has 0 amide bonds. The molecule has 0 spiro atoms. The molecule has 0 bridgehead atoms. The standard InChI is InChI=1S/C10H17NO2/c1-2-9(10(12)13)11-8-6-4-3-5-7-8/h2,8,11H,3-7H2,1H3,(H,12,13)/b9-2-. The number of allylic oxidation sites excluding steroid dienone is 1. The number of carboxylic acid groups (broad SMARTS) is 1. The molecule has 0 aromatic carbocycles. The molecule has 2 N–H and O–H groups in total. The van der Waals surface area contributed by atoms with Crippen LogP contribution in [0.15, 0.2) is 11.8 Å². The van der Waals surface area contributed by atoms with Gasteiger partial charge in [0.05, 0.1) is 0 Å². The van der Waals surface area contributed by atoms with Crippen LogP contribution in [0.5, 0.6) is 0 Å². The van der Waals surface area contributed by atoms with E-state index in [0.717, 1.165) is 12.8 Å². The fraction of sp³-hybridized carbons (Fsp3) is 0.700. The maximum absolute atomic E-state index is 10.7. The van der Waals surface area contributed by atoms with Crippen LogP contribution in [-0.2, 0) is 4.79 Å². The first kappa shape index (κ1) is 10.1. The van der Waals surface area contributed by atoms with Crippen molar-refractivity contribution in [2.45, 2.75) is 45.1 Å². The lowest BCUT2D eigenvalue weighted by atomic mass is 9.95. The van der Waals surface area contributed by atoms with Gasteiger partial charge in [-0.2, -0.15) is 0 Å². The summed E-state index contributed by atoms with van der Waals surface area (Å²) in [5.74, 6) is -0.854. The predicted octanol–water partition coefficient (Wildman–Crippen LogP) is 1.90. The number of carboxylic acids is 1. The zero-order valence-electron chi connectivity index (χ0n) is 8.05. The highest BCUT2D eigenvalue weighted by Gasteiger charge is 2.16. The second-order valence-electron chi connectivity index (χ2n) is 3.49. The second kappa shape index (κ2) is 4.90. The molecular formula is C10H17NO2. The van der Waals surface area contributed by atoms with E-state index < -0.39 is 5.97 Å². The van der Waals surface area contributed by atoms with E-state index in [1.165, 1.54) is 19.3 Å². The van der Waals surface area contributed by atoms with Crippen molar-refractivity contribution in [3.05, 3.63) is 11.8 Å². The van der Waals surface area contributed by atoms with Crippen LogP contribution >= 0.6 is 0 Å². The first-order valence-electron chi connectivity index (χ1n) is 4.90. The van der Waals surface area contributed by atoms with Gasteiger partial charge in [-0.1, -0.05) is 25.3 Å². The average Bonchev–Trinajstić information content (AvgIpc) is 2.15. The summed E-state index contributed by atoms with van der Waals surface area (Å²) in [6, 6.07) is 0.371. The Hall–Kier alpha value is -0.990. The van der Waals surface area contributed by atoms with Crippen molar-refractivity contribution in [1.82, 2.24) is 5.32 Å². The molecule has 1 aliphatic carbocycles. The molecule has 13 heavy (non-hydrogen) atoms. The third-order valence-corrected chi connectivity index (χ3v) is 2.48. The highest BCUT2D eigenvalue weighted by Crippen LogP contribution is 2.18. The van der Waals surface area contributed by atoms with Crippen molar-refractivity contribution in [3.63, 3.8) is 0 Å². The Bertz CT molecular complexity index is 205. The minimum absolute atomic E-state index is 0.340. The zero-order chi connectivity index (χ0) is 9.68. The summed E-state index contributed by atoms with van der Waals surface area (Å²) in [7, 11) is 0. The molecule has 74 valence electrons. The third kappa shape index (κ3) is 3.09. The Kier molecular flexibility index (Phi) is 3.80. The van der Waals surface area contributed by atoms with Crippen LogP contribution in [0.3, 0.4) is 0 Å². The van der Waals surface area contributed by atoms with E-state index in [9.17, 15) is 4.79 Å². The molecule has 0 aliphatic heterocycles. The topological polar surface area (TPSA) is 49.3 Å². The van der Waals surface area contributed by atoms with Crippen LogP contribution in [-0.4, -0.2) is 17.1 Å². The van der Waals surface area contributed by atoms with Gasteiger partial charge in [-0.25, -0.2) is 4.79 Å². The molecule has 1 fully saturated rings. The molecule has 0 radical (unpaired) electrons. The van der Waals surface area contributed by atoms with Crippen molar-refractivity contribution < 1.29 is 9.90 Å². The zero-order valence-corrected chi connectivity index (χ0v) is 8.05. The van der Waals surface area contributed by atoms with Crippen molar-refractivity contribution in [1.29, 1.82) is 0 Å². The number of hydrogen-bond donors (Lipinski definition) is 2. The van der Waals surface area contributed by atoms with E-state index in [4.69, 9.17) is 5.11 Å². The van der Waals surface area contributed by atoms with Gasteiger partial charge >= 0.3 is 5.97 Å². The lowest BCUT2D eigenvalue weighted by Crippen LogP contribution is -2.33. The molecule has 1 saturated carbocycles. The Morgan fingerprint density at radius 1 is 1.38 bits per heavy atom. The van der Waals surface area contributed by atoms with Gasteiger partial charge in [0.25, 0.3) is 0 Å². The van der Waals surface area contributed by atoms with Gasteiger partial charge in [-0.3, -0.25) is 0 Å². The Morgan fingerprint density at radius 3 is 2.46 bits per heavy atom. The molecule has 0 saturated heterocycles. The van der Waals surface area contributed by atoms with Gasteiger partial charge in [0, 0.05) is 6.04 Å². The van der Waals surface area contributed by atoms with Crippen LogP contribution in [0.1, 0.15) is 39.0 Å². The molecule has 0 atom stereocenters. The normalized spacial score (nSPS) is 19.9. The summed E-state index contributed by atoms with van der Waals surface area (Å²) in [6.07, 6.45) is 7.55. The number of carbonyl (C=O) groups is 1. The Balaban J connectivity index is 2.41. The lowest BCUT2D eigenvalue weighted by molar-refractivity contribution is -0.133. The van der Waals surface area contributed by atoms with Crippen molar-refractivity contribution in [2.75, 3.05) is 0 Å². The van der Waals surface area contributed by atoms with Gasteiger partial charge in [0.1, 0.15) is 5.70 Å². The van der Waals surface area contributed by atoms with Crippen molar-refractivity contribution in [3.8, 4) is 0 Å². The highest BCUT2D eigenvalue weighted by atomic mass is 16.4. The molecule has 0 aromatic rings. The largest absolute Gasteiger partial charge is 0.477 e. The first-order valence-corrected chi connectivity index (χ1v) is 4.90. The van der Waals surface area contributed by atoms with Gasteiger partial charge < -0.3 is 10.4 Å². The van der Waals surface area contributed by atoms with Crippen molar-refractivity contribution >= 4 is 5.97 Å². The maximum Gasteiger partial charge on any atom is 0.351 e. The van der Waals surface area contributed by atoms with Gasteiger partial charge in [-0.15, -0.1) is 0 Å². The predicted molar refractivity (Wildman–Crippen MR) is 51.4 cm³/mol. The monoisotopic (exact) mass is 183 g/mol. The van der Waals surface area contributed by atoms with Gasteiger partial charge in [0.15, 0.2) is 0 Å². The minimum Gasteiger partial charge on any atom is -0.477 e. The quantitative estimate of drug-likeness (QED) is 0.657. The van der Waals surface area contributed by atoms with Gasteiger partial charge in [-0.05, 0) is 19.8 Å². The number of aliphatic carboxylic acids is 1. The summed E-state index contributed by atoms with van der Waals surface area (Å²) in [5.41, 5.74) is 0.340. The SMILES string of the molecule is C/C=C(\NC1CCCCC1)C(=O)O. The summed E-state index contributed by atoms with van der Waals surface area (Å²) in [4.78, 5) is 10.7. The first-order chi connectivity index (χ1) is 6.24.